The fourth-order valence-electron chi connectivity index (χ4n) is 2.55. The van der Waals surface area contributed by atoms with Gasteiger partial charge in [-0.25, -0.2) is 0 Å². The number of nitrogens with one attached hydrogen (secondary N) is 1. The Balaban J connectivity index is 1.84. The molecule has 23 heavy (non-hydrogen) atoms. The van der Waals surface area contributed by atoms with E-state index in [-0.39, 0.29) is 5.91 Å². The van der Waals surface area contributed by atoms with Crippen LogP contribution in [-0.2, 0) is 10.2 Å². The van der Waals surface area contributed by atoms with Crippen LogP contribution in [0.3, 0.4) is 0 Å². The molecule has 1 aromatic rings. The molecule has 8 heteroatoms. The van der Waals surface area contributed by atoms with Crippen molar-refractivity contribution in [2.75, 3.05) is 33.7 Å². The summed E-state index contributed by atoms with van der Waals surface area (Å²) in [7, 11) is -0.248. The standard InChI is InChI=1S/C15H22BrN3O3S/c1-18(2)23(21,22)19-9-7-12(8-10-19)11-17-15(20)13-5-3-4-6-14(13)16/h3-6,12H,7-11H2,1-2H3,(H,17,20). The summed E-state index contributed by atoms with van der Waals surface area (Å²) in [6.07, 6.45) is 1.51. The molecule has 128 valence electrons. The van der Waals surface area contributed by atoms with E-state index in [2.05, 4.69) is 21.2 Å². The lowest BCUT2D eigenvalue weighted by atomic mass is 9.98. The van der Waals surface area contributed by atoms with Crippen LogP contribution in [0.2, 0.25) is 0 Å². The maximum atomic E-state index is 12.2. The lowest BCUT2D eigenvalue weighted by molar-refractivity contribution is 0.0940. The minimum Gasteiger partial charge on any atom is -0.352 e. The molecule has 0 aliphatic carbocycles. The summed E-state index contributed by atoms with van der Waals surface area (Å²) >= 11 is 3.37. The summed E-state index contributed by atoms with van der Waals surface area (Å²) in [6, 6.07) is 7.29. The highest BCUT2D eigenvalue weighted by atomic mass is 79.9. The molecule has 1 aliphatic rings. The van der Waals surface area contributed by atoms with Crippen molar-refractivity contribution in [3.63, 3.8) is 0 Å². The Morgan fingerprint density at radius 3 is 2.48 bits per heavy atom. The number of carbonyl (C=O) groups excluding carboxylic acids is 1. The van der Waals surface area contributed by atoms with Crippen molar-refractivity contribution >= 4 is 32.0 Å². The number of benzene rings is 1. The second-order valence-corrected chi connectivity index (χ2v) is 8.82. The number of piperidine rings is 1. The molecular formula is C15H22BrN3O3S. The Bertz CT molecular complexity index is 656. The fraction of sp³-hybridized carbons (Fsp3) is 0.533. The highest BCUT2D eigenvalue weighted by Gasteiger charge is 2.29. The van der Waals surface area contributed by atoms with Gasteiger partial charge < -0.3 is 5.32 Å². The van der Waals surface area contributed by atoms with E-state index in [4.69, 9.17) is 0 Å². The Kier molecular flexibility index (Phi) is 6.19. The summed E-state index contributed by atoms with van der Waals surface area (Å²) in [5, 5.41) is 2.94. The Morgan fingerprint density at radius 2 is 1.91 bits per heavy atom. The Hall–Kier alpha value is -0.960. The molecule has 1 fully saturated rings. The van der Waals surface area contributed by atoms with Crippen LogP contribution in [-0.4, -0.2) is 56.7 Å². The van der Waals surface area contributed by atoms with E-state index in [0.717, 1.165) is 17.3 Å². The minimum atomic E-state index is -3.33. The van der Waals surface area contributed by atoms with Gasteiger partial charge in [0.15, 0.2) is 0 Å². The van der Waals surface area contributed by atoms with E-state index in [1.54, 1.807) is 20.2 Å². The maximum absolute atomic E-state index is 12.2. The predicted molar refractivity (Wildman–Crippen MR) is 93.4 cm³/mol. The third-order valence-electron chi connectivity index (χ3n) is 4.03. The van der Waals surface area contributed by atoms with Crippen molar-refractivity contribution in [1.29, 1.82) is 0 Å². The molecule has 0 bridgehead atoms. The van der Waals surface area contributed by atoms with Crippen LogP contribution in [0.25, 0.3) is 0 Å². The lowest BCUT2D eigenvalue weighted by Crippen LogP contribution is -2.45. The van der Waals surface area contributed by atoms with Crippen molar-refractivity contribution in [2.45, 2.75) is 12.8 Å². The van der Waals surface area contributed by atoms with E-state index >= 15 is 0 Å². The fourth-order valence-corrected chi connectivity index (χ4v) is 4.15. The van der Waals surface area contributed by atoms with Crippen molar-refractivity contribution < 1.29 is 13.2 Å². The zero-order chi connectivity index (χ0) is 17.0. The average Bonchev–Trinajstić information content (AvgIpc) is 2.53. The van der Waals surface area contributed by atoms with E-state index in [1.807, 2.05) is 18.2 Å². The maximum Gasteiger partial charge on any atom is 0.281 e. The Morgan fingerprint density at radius 1 is 1.30 bits per heavy atom. The van der Waals surface area contributed by atoms with Crippen LogP contribution in [0, 0.1) is 5.92 Å². The van der Waals surface area contributed by atoms with Crippen LogP contribution in [0.4, 0.5) is 0 Å². The van der Waals surface area contributed by atoms with Gasteiger partial charge in [0.25, 0.3) is 16.1 Å². The van der Waals surface area contributed by atoms with Crippen LogP contribution >= 0.6 is 15.9 Å². The average molecular weight is 404 g/mol. The van der Waals surface area contributed by atoms with Gasteiger partial charge >= 0.3 is 0 Å². The summed E-state index contributed by atoms with van der Waals surface area (Å²) < 4.78 is 27.6. The second-order valence-electron chi connectivity index (χ2n) is 5.82. The van der Waals surface area contributed by atoms with Crippen molar-refractivity contribution in [3.8, 4) is 0 Å². The number of carbonyl (C=O) groups is 1. The third kappa shape index (κ3) is 4.53. The summed E-state index contributed by atoms with van der Waals surface area (Å²) in [6.45, 7) is 1.56. The first-order valence-corrected chi connectivity index (χ1v) is 9.71. The molecule has 0 radical (unpaired) electrons. The molecule has 2 rings (SSSR count). The zero-order valence-corrected chi connectivity index (χ0v) is 15.7. The first-order valence-electron chi connectivity index (χ1n) is 7.52. The van der Waals surface area contributed by atoms with Crippen LogP contribution in [0.5, 0.6) is 0 Å². The molecular weight excluding hydrogens is 382 g/mol. The predicted octanol–water partition coefficient (Wildman–Crippen LogP) is 1.70. The van der Waals surface area contributed by atoms with Crippen LogP contribution in [0.15, 0.2) is 28.7 Å². The number of nitrogens with zero attached hydrogens (tertiary/aromatic N) is 2. The van der Waals surface area contributed by atoms with E-state index in [0.29, 0.717) is 31.1 Å². The molecule has 1 amide bonds. The van der Waals surface area contributed by atoms with Crippen molar-refractivity contribution in [2.24, 2.45) is 5.92 Å². The van der Waals surface area contributed by atoms with Crippen LogP contribution < -0.4 is 5.32 Å². The van der Waals surface area contributed by atoms with Crippen molar-refractivity contribution in [1.82, 2.24) is 13.9 Å². The Labute approximate surface area is 146 Å². The normalized spacial score (nSPS) is 17.4. The third-order valence-corrected chi connectivity index (χ3v) is 6.66. The number of hydrogen-bond donors (Lipinski definition) is 1. The number of hydrogen-bond acceptors (Lipinski definition) is 3. The molecule has 1 saturated heterocycles. The van der Waals surface area contributed by atoms with Gasteiger partial charge in [0, 0.05) is 38.2 Å². The molecule has 1 N–H and O–H groups in total. The number of rotatable bonds is 5. The SMILES string of the molecule is CN(C)S(=O)(=O)N1CCC(CNC(=O)c2ccccc2Br)CC1. The van der Waals surface area contributed by atoms with Gasteiger partial charge in [-0.2, -0.15) is 17.0 Å². The van der Waals surface area contributed by atoms with Crippen LogP contribution in [0.1, 0.15) is 23.2 Å². The van der Waals surface area contributed by atoms with Gasteiger partial charge in [-0.05, 0) is 46.8 Å². The quantitative estimate of drug-likeness (QED) is 0.812. The highest BCUT2D eigenvalue weighted by Crippen LogP contribution is 2.20. The largest absolute Gasteiger partial charge is 0.352 e. The van der Waals surface area contributed by atoms with Gasteiger partial charge in [0.2, 0.25) is 0 Å². The molecule has 1 heterocycles. The molecule has 0 spiro atoms. The molecule has 6 nitrogen and oxygen atoms in total. The topological polar surface area (TPSA) is 69.7 Å². The van der Waals surface area contributed by atoms with Gasteiger partial charge in [-0.3, -0.25) is 4.79 Å². The van der Waals surface area contributed by atoms with Gasteiger partial charge in [0.1, 0.15) is 0 Å². The molecule has 1 aromatic carbocycles. The summed E-state index contributed by atoms with van der Waals surface area (Å²) in [4.78, 5) is 12.2. The monoisotopic (exact) mass is 403 g/mol. The van der Waals surface area contributed by atoms with Gasteiger partial charge in [0.05, 0.1) is 5.56 Å². The minimum absolute atomic E-state index is 0.110. The second kappa shape index (κ2) is 7.74. The summed E-state index contributed by atoms with van der Waals surface area (Å²) in [5.41, 5.74) is 0.611. The first-order chi connectivity index (χ1) is 10.8. The first kappa shape index (κ1) is 18.4. The van der Waals surface area contributed by atoms with E-state index in [9.17, 15) is 13.2 Å². The van der Waals surface area contributed by atoms with Crippen molar-refractivity contribution in [3.05, 3.63) is 34.3 Å². The molecule has 0 saturated carbocycles. The number of halogens is 1. The molecule has 1 aliphatic heterocycles. The lowest BCUT2D eigenvalue weighted by Gasteiger charge is -2.32. The molecule has 0 aromatic heterocycles. The highest BCUT2D eigenvalue weighted by molar-refractivity contribution is 9.10. The summed E-state index contributed by atoms with van der Waals surface area (Å²) in [5.74, 6) is 0.191. The molecule has 0 atom stereocenters. The van der Waals surface area contributed by atoms with E-state index < -0.39 is 10.2 Å². The smallest absolute Gasteiger partial charge is 0.281 e. The van der Waals surface area contributed by atoms with E-state index in [1.165, 1.54) is 8.61 Å². The molecule has 0 unspecified atom stereocenters. The van der Waals surface area contributed by atoms with Gasteiger partial charge in [-0.1, -0.05) is 12.1 Å². The number of amides is 1. The van der Waals surface area contributed by atoms with Gasteiger partial charge in [-0.15, -0.1) is 0 Å². The zero-order valence-electron chi connectivity index (χ0n) is 13.3.